The Kier molecular flexibility index (Phi) is 2.24. The van der Waals surface area contributed by atoms with E-state index in [2.05, 4.69) is 18.0 Å². The van der Waals surface area contributed by atoms with Crippen LogP contribution in [0.1, 0.15) is 15.4 Å². The van der Waals surface area contributed by atoms with Crippen molar-refractivity contribution < 1.29 is 4.79 Å². The molecule has 2 aromatic rings. The summed E-state index contributed by atoms with van der Waals surface area (Å²) in [5.41, 5.74) is 0.519. The summed E-state index contributed by atoms with van der Waals surface area (Å²) in [6.45, 7) is 2.06. The number of carbonyl (C=O) groups is 1. The maximum absolute atomic E-state index is 10.4. The summed E-state index contributed by atoms with van der Waals surface area (Å²) in [5, 5.41) is 2.71. The lowest BCUT2D eigenvalue weighted by Gasteiger charge is -1.85. The molecular formula is C9H7NOS2. The molecule has 0 aromatic carbocycles. The van der Waals surface area contributed by atoms with E-state index < -0.39 is 0 Å². The first-order chi connectivity index (χ1) is 6.29. The summed E-state index contributed by atoms with van der Waals surface area (Å²) in [5.74, 6) is 0. The van der Waals surface area contributed by atoms with Crippen LogP contribution in [0, 0.1) is 6.92 Å². The zero-order valence-electron chi connectivity index (χ0n) is 6.98. The largest absolute Gasteiger partial charge is 0.296 e. The highest BCUT2D eigenvalue weighted by atomic mass is 32.1. The monoisotopic (exact) mass is 209 g/mol. The zero-order valence-corrected chi connectivity index (χ0v) is 8.61. The molecule has 2 rings (SSSR count). The third kappa shape index (κ3) is 1.68. The van der Waals surface area contributed by atoms with Gasteiger partial charge in [-0.1, -0.05) is 0 Å². The van der Waals surface area contributed by atoms with Gasteiger partial charge in [0.1, 0.15) is 10.7 Å². The van der Waals surface area contributed by atoms with E-state index in [0.717, 1.165) is 16.2 Å². The first-order valence-corrected chi connectivity index (χ1v) is 5.47. The van der Waals surface area contributed by atoms with Crippen LogP contribution < -0.4 is 0 Å². The maximum atomic E-state index is 10.4. The summed E-state index contributed by atoms with van der Waals surface area (Å²) in [4.78, 5) is 17.0. The van der Waals surface area contributed by atoms with Gasteiger partial charge in [-0.2, -0.15) is 0 Å². The molecule has 0 fully saturated rings. The Hall–Kier alpha value is -1.00. The third-order valence-corrected chi connectivity index (χ3v) is 3.62. The minimum absolute atomic E-state index is 0.519. The molecule has 0 unspecified atom stereocenters. The van der Waals surface area contributed by atoms with Crippen molar-refractivity contribution in [3.63, 3.8) is 0 Å². The summed E-state index contributed by atoms with van der Waals surface area (Å²) < 4.78 is 0. The van der Waals surface area contributed by atoms with Crippen LogP contribution in [0.15, 0.2) is 17.5 Å². The van der Waals surface area contributed by atoms with Gasteiger partial charge in [-0.25, -0.2) is 4.98 Å². The Labute approximate surface area is 83.9 Å². The molecule has 0 radical (unpaired) electrons. The van der Waals surface area contributed by atoms with Crippen molar-refractivity contribution in [3.8, 4) is 9.88 Å². The number of thiazole rings is 1. The average molecular weight is 209 g/mol. The Bertz CT molecular complexity index is 430. The fourth-order valence-electron chi connectivity index (χ4n) is 1.00. The zero-order chi connectivity index (χ0) is 9.26. The van der Waals surface area contributed by atoms with Gasteiger partial charge in [0.05, 0.1) is 4.88 Å². The van der Waals surface area contributed by atoms with Gasteiger partial charge in [0.15, 0.2) is 6.29 Å². The van der Waals surface area contributed by atoms with Gasteiger partial charge in [0.2, 0.25) is 0 Å². The van der Waals surface area contributed by atoms with Crippen molar-refractivity contribution >= 4 is 29.0 Å². The molecule has 0 N–H and O–H groups in total. The van der Waals surface area contributed by atoms with Crippen LogP contribution in [0.3, 0.4) is 0 Å². The molecule has 0 aliphatic heterocycles. The fourth-order valence-corrected chi connectivity index (χ4v) is 2.71. The normalized spacial score (nSPS) is 10.2. The van der Waals surface area contributed by atoms with E-state index in [9.17, 15) is 4.79 Å². The first kappa shape index (κ1) is 8.59. The van der Waals surface area contributed by atoms with Gasteiger partial charge in [-0.05, 0) is 19.1 Å². The first-order valence-electron chi connectivity index (χ1n) is 3.77. The van der Waals surface area contributed by atoms with E-state index in [0.29, 0.717) is 5.69 Å². The second kappa shape index (κ2) is 3.40. The van der Waals surface area contributed by atoms with Gasteiger partial charge in [0, 0.05) is 10.3 Å². The van der Waals surface area contributed by atoms with Crippen molar-refractivity contribution in [2.45, 2.75) is 6.92 Å². The topological polar surface area (TPSA) is 30.0 Å². The lowest BCUT2D eigenvalue weighted by molar-refractivity contribution is 0.111. The minimum Gasteiger partial charge on any atom is -0.296 e. The molecule has 0 spiro atoms. The Morgan fingerprint density at radius 1 is 1.46 bits per heavy atom. The van der Waals surface area contributed by atoms with Crippen LogP contribution in [-0.4, -0.2) is 11.3 Å². The summed E-state index contributed by atoms with van der Waals surface area (Å²) in [7, 11) is 0. The van der Waals surface area contributed by atoms with Crippen LogP contribution >= 0.6 is 22.7 Å². The lowest BCUT2D eigenvalue weighted by Crippen LogP contribution is -1.76. The highest BCUT2D eigenvalue weighted by molar-refractivity contribution is 7.21. The SMILES string of the molecule is Cc1ccc(-c2nc(C=O)cs2)s1. The molecular weight excluding hydrogens is 202 g/mol. The standard InChI is InChI=1S/C9H7NOS2/c1-6-2-3-8(13-6)9-10-7(4-11)5-12-9/h2-5H,1H3. The third-order valence-electron chi connectivity index (χ3n) is 1.59. The van der Waals surface area contributed by atoms with E-state index in [1.165, 1.54) is 16.2 Å². The molecule has 0 bridgehead atoms. The van der Waals surface area contributed by atoms with Gasteiger partial charge >= 0.3 is 0 Å². The number of aromatic nitrogens is 1. The number of aldehydes is 1. The van der Waals surface area contributed by atoms with Crippen molar-refractivity contribution in [3.05, 3.63) is 28.1 Å². The molecule has 0 aliphatic carbocycles. The summed E-state index contributed by atoms with van der Waals surface area (Å²) in [6.07, 6.45) is 0.778. The van der Waals surface area contributed by atoms with Crippen LogP contribution in [0.5, 0.6) is 0 Å². The quantitative estimate of drug-likeness (QED) is 0.712. The van der Waals surface area contributed by atoms with Gasteiger partial charge < -0.3 is 0 Å². The summed E-state index contributed by atoms with van der Waals surface area (Å²) >= 11 is 3.21. The predicted octanol–water partition coefficient (Wildman–Crippen LogP) is 2.99. The fraction of sp³-hybridized carbons (Fsp3) is 0.111. The average Bonchev–Trinajstić information content (AvgIpc) is 2.71. The molecule has 2 aromatic heterocycles. The summed E-state index contributed by atoms with van der Waals surface area (Å²) in [6, 6.07) is 4.09. The van der Waals surface area contributed by atoms with E-state index in [4.69, 9.17) is 0 Å². The molecule has 4 heteroatoms. The molecule has 2 nitrogen and oxygen atoms in total. The number of hydrogen-bond acceptors (Lipinski definition) is 4. The molecule has 0 aliphatic rings. The van der Waals surface area contributed by atoms with Gasteiger partial charge in [0.25, 0.3) is 0 Å². The van der Waals surface area contributed by atoms with E-state index >= 15 is 0 Å². The second-order valence-electron chi connectivity index (χ2n) is 2.61. The Morgan fingerprint density at radius 2 is 2.31 bits per heavy atom. The van der Waals surface area contributed by atoms with Crippen molar-refractivity contribution in [1.29, 1.82) is 0 Å². The Morgan fingerprint density at radius 3 is 2.85 bits per heavy atom. The smallest absolute Gasteiger partial charge is 0.169 e. The van der Waals surface area contributed by atoms with Crippen molar-refractivity contribution in [2.75, 3.05) is 0 Å². The molecule has 13 heavy (non-hydrogen) atoms. The maximum Gasteiger partial charge on any atom is 0.169 e. The number of hydrogen-bond donors (Lipinski definition) is 0. The molecule has 2 heterocycles. The second-order valence-corrected chi connectivity index (χ2v) is 4.75. The molecule has 66 valence electrons. The number of thiophene rings is 1. The highest BCUT2D eigenvalue weighted by Crippen LogP contribution is 2.29. The van der Waals surface area contributed by atoms with Crippen molar-refractivity contribution in [1.82, 2.24) is 4.98 Å². The highest BCUT2D eigenvalue weighted by Gasteiger charge is 2.05. The molecule has 0 saturated carbocycles. The lowest BCUT2D eigenvalue weighted by atomic mass is 10.4. The van der Waals surface area contributed by atoms with Crippen molar-refractivity contribution in [2.24, 2.45) is 0 Å². The predicted molar refractivity (Wildman–Crippen MR) is 55.6 cm³/mol. The van der Waals surface area contributed by atoms with E-state index in [1.54, 1.807) is 16.7 Å². The molecule has 0 atom stereocenters. The molecule has 0 amide bonds. The van der Waals surface area contributed by atoms with E-state index in [1.807, 2.05) is 6.07 Å². The van der Waals surface area contributed by atoms with E-state index in [-0.39, 0.29) is 0 Å². The number of rotatable bonds is 2. The number of aryl methyl sites for hydroxylation is 1. The molecule has 0 saturated heterocycles. The Balaban J connectivity index is 2.40. The van der Waals surface area contributed by atoms with Gasteiger partial charge in [-0.3, -0.25) is 4.79 Å². The minimum atomic E-state index is 0.519. The van der Waals surface area contributed by atoms with Gasteiger partial charge in [-0.15, -0.1) is 22.7 Å². The van der Waals surface area contributed by atoms with Crippen LogP contribution in [0.2, 0.25) is 0 Å². The van der Waals surface area contributed by atoms with Crippen LogP contribution in [0.25, 0.3) is 9.88 Å². The number of nitrogens with zero attached hydrogens (tertiary/aromatic N) is 1. The number of carbonyl (C=O) groups excluding carboxylic acids is 1. The van der Waals surface area contributed by atoms with Crippen LogP contribution in [0.4, 0.5) is 0 Å². The van der Waals surface area contributed by atoms with Crippen LogP contribution in [-0.2, 0) is 0 Å².